The maximum atomic E-state index is 12.0. The summed E-state index contributed by atoms with van der Waals surface area (Å²) in [5.74, 6) is 0.964. The van der Waals surface area contributed by atoms with Crippen molar-refractivity contribution in [3.05, 3.63) is 23.0 Å². The van der Waals surface area contributed by atoms with Gasteiger partial charge in [0, 0.05) is 17.3 Å². The van der Waals surface area contributed by atoms with Gasteiger partial charge in [0.25, 0.3) is 0 Å². The van der Waals surface area contributed by atoms with Gasteiger partial charge < -0.3 is 15.1 Å². The fourth-order valence-corrected chi connectivity index (χ4v) is 3.61. The summed E-state index contributed by atoms with van der Waals surface area (Å²) in [7, 11) is 0. The molecule has 20 heavy (non-hydrogen) atoms. The lowest BCUT2D eigenvalue weighted by molar-refractivity contribution is -0.129. The van der Waals surface area contributed by atoms with Gasteiger partial charge in [0.15, 0.2) is 0 Å². The molecule has 6 heteroatoms. The van der Waals surface area contributed by atoms with Crippen LogP contribution in [0.5, 0.6) is 5.75 Å². The number of nitrogens with zero attached hydrogens (tertiary/aromatic N) is 2. The lowest BCUT2D eigenvalue weighted by Gasteiger charge is -2.28. The summed E-state index contributed by atoms with van der Waals surface area (Å²) in [5, 5.41) is 19.7. The van der Waals surface area contributed by atoms with Crippen molar-refractivity contribution in [1.29, 1.82) is 0 Å². The maximum absolute atomic E-state index is 12.0. The molecule has 1 fully saturated rings. The zero-order valence-electron chi connectivity index (χ0n) is 12.0. The molecule has 0 radical (unpaired) electrons. The first kappa shape index (κ1) is 15.1. The molecule has 0 spiro atoms. The van der Waals surface area contributed by atoms with Crippen LogP contribution in [-0.4, -0.2) is 37.1 Å². The van der Waals surface area contributed by atoms with Gasteiger partial charge in [-0.2, -0.15) is 0 Å². The Morgan fingerprint density at radius 1 is 1.55 bits per heavy atom. The predicted octanol–water partition coefficient (Wildman–Crippen LogP) is 1.65. The summed E-state index contributed by atoms with van der Waals surface area (Å²) in [5.41, 5.74) is 1.68. The molecule has 1 aromatic heterocycles. The lowest BCUT2D eigenvalue weighted by atomic mass is 10.1. The number of carbonyl (C=O) groups is 1. The Morgan fingerprint density at radius 2 is 2.25 bits per heavy atom. The molecular formula is C14H20N2O3S. The number of thioether (sulfide) groups is 1. The van der Waals surface area contributed by atoms with Gasteiger partial charge in [-0.25, -0.2) is 0 Å². The Morgan fingerprint density at radius 3 is 2.85 bits per heavy atom. The number of amides is 1. The monoisotopic (exact) mass is 296 g/mol. The van der Waals surface area contributed by atoms with Gasteiger partial charge in [-0.05, 0) is 12.8 Å². The molecule has 2 N–H and O–H groups in total. The lowest BCUT2D eigenvalue weighted by Crippen LogP contribution is -2.35. The molecule has 2 heterocycles. The third-order valence-corrected chi connectivity index (χ3v) is 5.06. The van der Waals surface area contributed by atoms with Crippen LogP contribution in [-0.2, 0) is 17.9 Å². The van der Waals surface area contributed by atoms with Crippen molar-refractivity contribution in [2.75, 3.05) is 5.75 Å². The number of carbonyl (C=O) groups excluding carboxylic acids is 1. The second-order valence-electron chi connectivity index (χ2n) is 5.32. The minimum Gasteiger partial charge on any atom is -0.506 e. The van der Waals surface area contributed by atoms with Crippen molar-refractivity contribution < 1.29 is 15.0 Å². The largest absolute Gasteiger partial charge is 0.506 e. The summed E-state index contributed by atoms with van der Waals surface area (Å²) in [6, 6.07) is 0. The summed E-state index contributed by atoms with van der Waals surface area (Å²) in [6.07, 6.45) is 1.56. The van der Waals surface area contributed by atoms with E-state index in [1.807, 2.05) is 0 Å². The quantitative estimate of drug-likeness (QED) is 0.883. The Balaban J connectivity index is 2.33. The molecule has 0 saturated carbocycles. The maximum Gasteiger partial charge on any atom is 0.233 e. The van der Waals surface area contributed by atoms with E-state index < -0.39 is 0 Å². The average molecular weight is 296 g/mol. The van der Waals surface area contributed by atoms with Gasteiger partial charge in [0.2, 0.25) is 5.91 Å². The van der Waals surface area contributed by atoms with E-state index in [4.69, 9.17) is 0 Å². The van der Waals surface area contributed by atoms with Gasteiger partial charge >= 0.3 is 0 Å². The molecule has 0 aliphatic carbocycles. The Kier molecular flexibility index (Phi) is 4.55. The number of rotatable bonds is 4. The number of aromatic nitrogens is 1. The van der Waals surface area contributed by atoms with Crippen molar-refractivity contribution >= 4 is 17.7 Å². The third kappa shape index (κ3) is 2.76. The molecule has 1 aliphatic heterocycles. The highest BCUT2D eigenvalue weighted by molar-refractivity contribution is 8.01. The minimum atomic E-state index is -0.197. The first-order valence-electron chi connectivity index (χ1n) is 6.64. The van der Waals surface area contributed by atoms with Crippen molar-refractivity contribution in [1.82, 2.24) is 9.88 Å². The normalized spacial score (nSPS) is 19.1. The minimum absolute atomic E-state index is 0.0729. The van der Waals surface area contributed by atoms with Gasteiger partial charge in [0.1, 0.15) is 5.75 Å². The standard InChI is InChI=1S/C14H20N2O3S/c1-8(2)14-16(12(18)7-20-14)5-11-10(6-17)4-15-9(3)13(11)19/h4,8,14,17,19H,5-7H2,1-3H3. The molecule has 2 rings (SSSR count). The Bertz CT molecular complexity index is 519. The SMILES string of the molecule is Cc1ncc(CO)c(CN2C(=O)CSC2C(C)C)c1O. The van der Waals surface area contributed by atoms with Crippen molar-refractivity contribution in [3.8, 4) is 5.75 Å². The summed E-state index contributed by atoms with van der Waals surface area (Å²) < 4.78 is 0. The highest BCUT2D eigenvalue weighted by Gasteiger charge is 2.34. The second kappa shape index (κ2) is 6.01. The van der Waals surface area contributed by atoms with Crippen molar-refractivity contribution in [2.45, 2.75) is 39.3 Å². The van der Waals surface area contributed by atoms with E-state index in [1.165, 1.54) is 0 Å². The van der Waals surface area contributed by atoms with Crippen molar-refractivity contribution in [2.24, 2.45) is 5.92 Å². The molecule has 0 bridgehead atoms. The molecule has 1 aliphatic rings. The number of aryl methyl sites for hydroxylation is 1. The summed E-state index contributed by atoms with van der Waals surface area (Å²) >= 11 is 1.63. The Hall–Kier alpha value is -1.27. The van der Waals surface area contributed by atoms with Crippen LogP contribution in [0.15, 0.2) is 6.20 Å². The molecule has 1 aromatic rings. The molecule has 1 unspecified atom stereocenters. The van der Waals surface area contributed by atoms with E-state index in [0.717, 1.165) is 0 Å². The molecule has 1 atom stereocenters. The third-order valence-electron chi connectivity index (χ3n) is 3.50. The van der Waals surface area contributed by atoms with Gasteiger partial charge in [0.05, 0.1) is 30.0 Å². The topological polar surface area (TPSA) is 73.7 Å². The number of aliphatic hydroxyl groups excluding tert-OH is 1. The number of hydrogen-bond acceptors (Lipinski definition) is 5. The summed E-state index contributed by atoms with van der Waals surface area (Å²) in [6.45, 7) is 5.99. The van der Waals surface area contributed by atoms with Gasteiger partial charge in [-0.3, -0.25) is 9.78 Å². The fraction of sp³-hybridized carbons (Fsp3) is 0.571. The molecule has 5 nitrogen and oxygen atoms in total. The van der Waals surface area contributed by atoms with Crippen LogP contribution < -0.4 is 0 Å². The first-order chi connectivity index (χ1) is 9.45. The number of pyridine rings is 1. The van der Waals surface area contributed by atoms with Crippen LogP contribution in [0.3, 0.4) is 0 Å². The van der Waals surface area contributed by atoms with E-state index >= 15 is 0 Å². The number of aliphatic hydroxyl groups is 1. The molecule has 1 saturated heterocycles. The predicted molar refractivity (Wildman–Crippen MR) is 78.2 cm³/mol. The average Bonchev–Trinajstić information content (AvgIpc) is 2.77. The molecule has 1 amide bonds. The smallest absolute Gasteiger partial charge is 0.233 e. The first-order valence-corrected chi connectivity index (χ1v) is 7.68. The van der Waals surface area contributed by atoms with Crippen LogP contribution in [0, 0.1) is 12.8 Å². The van der Waals surface area contributed by atoms with Crippen LogP contribution >= 0.6 is 11.8 Å². The van der Waals surface area contributed by atoms with Gasteiger partial charge in [-0.15, -0.1) is 11.8 Å². The molecule has 0 aromatic carbocycles. The zero-order chi connectivity index (χ0) is 14.9. The second-order valence-corrected chi connectivity index (χ2v) is 6.43. The van der Waals surface area contributed by atoms with Crippen LogP contribution in [0.4, 0.5) is 0 Å². The van der Waals surface area contributed by atoms with E-state index in [-0.39, 0.29) is 23.6 Å². The number of aromatic hydroxyl groups is 1. The Labute approximate surface area is 123 Å². The van der Waals surface area contributed by atoms with Crippen molar-refractivity contribution in [3.63, 3.8) is 0 Å². The highest BCUT2D eigenvalue weighted by Crippen LogP contribution is 2.34. The highest BCUT2D eigenvalue weighted by atomic mass is 32.2. The summed E-state index contributed by atoms with van der Waals surface area (Å²) in [4.78, 5) is 17.9. The fourth-order valence-electron chi connectivity index (χ4n) is 2.37. The van der Waals surface area contributed by atoms with E-state index in [0.29, 0.717) is 35.0 Å². The van der Waals surface area contributed by atoms with E-state index in [9.17, 15) is 15.0 Å². The van der Waals surface area contributed by atoms with Gasteiger partial charge in [-0.1, -0.05) is 13.8 Å². The van der Waals surface area contributed by atoms with Crippen LogP contribution in [0.1, 0.15) is 30.7 Å². The number of hydrogen-bond donors (Lipinski definition) is 2. The van der Waals surface area contributed by atoms with E-state index in [2.05, 4.69) is 18.8 Å². The van der Waals surface area contributed by atoms with Crippen LogP contribution in [0.25, 0.3) is 0 Å². The van der Waals surface area contributed by atoms with Crippen LogP contribution in [0.2, 0.25) is 0 Å². The molecular weight excluding hydrogens is 276 g/mol. The molecule has 110 valence electrons. The zero-order valence-corrected chi connectivity index (χ0v) is 12.8. The van der Waals surface area contributed by atoms with E-state index in [1.54, 1.807) is 29.8 Å².